The topological polar surface area (TPSA) is 17.8 Å². The van der Waals surface area contributed by atoms with Gasteiger partial charge in [-0.1, -0.05) is 158 Å². The van der Waals surface area contributed by atoms with Crippen LogP contribution in [0, 0.1) is 0 Å². The number of hydrogen-bond acceptors (Lipinski definition) is 1. The maximum Gasteiger partial charge on any atom is 0.0723 e. The van der Waals surface area contributed by atoms with E-state index in [2.05, 4.69) is 187 Å². The molecule has 0 atom stereocenters. The van der Waals surface area contributed by atoms with Crippen LogP contribution in [0.5, 0.6) is 0 Å². The Morgan fingerprint density at radius 2 is 0.898 bits per heavy atom. The Balaban J connectivity index is 1.22. The van der Waals surface area contributed by atoms with Gasteiger partial charge in [0.2, 0.25) is 0 Å². The van der Waals surface area contributed by atoms with Crippen molar-refractivity contribution in [1.82, 2.24) is 9.55 Å². The van der Waals surface area contributed by atoms with E-state index in [-0.39, 0.29) is 0 Å². The largest absolute Gasteiger partial charge is 0.308 e. The van der Waals surface area contributed by atoms with Crippen LogP contribution in [0.3, 0.4) is 0 Å². The zero-order chi connectivity index (χ0) is 32.3. The molecule has 8 aromatic carbocycles. The number of nitrogens with zero attached hydrogens (tertiary/aromatic N) is 2. The third kappa shape index (κ3) is 4.24. The summed E-state index contributed by atoms with van der Waals surface area (Å²) >= 11 is 0. The maximum atomic E-state index is 5.22. The number of fused-ring (bicyclic) bond motifs is 7. The molecule has 2 nitrogen and oxygen atoms in total. The van der Waals surface area contributed by atoms with Gasteiger partial charge < -0.3 is 4.57 Å². The molecule has 0 aliphatic rings. The Hall–Kier alpha value is -6.51. The first-order valence-corrected chi connectivity index (χ1v) is 16.8. The molecule has 0 radical (unpaired) electrons. The van der Waals surface area contributed by atoms with Gasteiger partial charge in [0.1, 0.15) is 0 Å². The van der Waals surface area contributed by atoms with Gasteiger partial charge in [0.25, 0.3) is 0 Å². The van der Waals surface area contributed by atoms with Gasteiger partial charge in [-0.15, -0.1) is 0 Å². The lowest BCUT2D eigenvalue weighted by Gasteiger charge is -2.17. The predicted octanol–water partition coefficient (Wildman–Crippen LogP) is 12.6. The summed E-state index contributed by atoms with van der Waals surface area (Å²) in [6.07, 6.45) is 2.06. The van der Waals surface area contributed by atoms with Crippen LogP contribution in [0.2, 0.25) is 0 Å². The van der Waals surface area contributed by atoms with E-state index in [1.807, 2.05) is 0 Å². The van der Waals surface area contributed by atoms with E-state index in [4.69, 9.17) is 4.98 Å². The average molecular weight is 623 g/mol. The molecule has 0 N–H and O–H groups in total. The second-order valence-corrected chi connectivity index (χ2v) is 12.7. The Bertz CT molecular complexity index is 2790. The molecule has 0 saturated heterocycles. The van der Waals surface area contributed by atoms with Crippen molar-refractivity contribution >= 4 is 54.1 Å². The van der Waals surface area contributed by atoms with E-state index in [1.54, 1.807) is 0 Å². The molecule has 10 aromatic rings. The lowest BCUT2D eigenvalue weighted by Crippen LogP contribution is -1.96. The minimum absolute atomic E-state index is 0.952. The number of para-hydroxylation sites is 2. The number of pyridine rings is 1. The summed E-state index contributed by atoms with van der Waals surface area (Å²) < 4.78 is 2.43. The first-order chi connectivity index (χ1) is 24.3. The van der Waals surface area contributed by atoms with Crippen molar-refractivity contribution in [3.05, 3.63) is 182 Å². The normalized spacial score (nSPS) is 11.7. The van der Waals surface area contributed by atoms with E-state index >= 15 is 0 Å². The zero-order valence-electron chi connectivity index (χ0n) is 26.7. The summed E-state index contributed by atoms with van der Waals surface area (Å²) in [6.45, 7) is 0. The molecular formula is C47H30N2. The van der Waals surface area contributed by atoms with Gasteiger partial charge in [-0.25, -0.2) is 0 Å². The lowest BCUT2D eigenvalue weighted by atomic mass is 9.86. The number of hydrogen-bond donors (Lipinski definition) is 0. The third-order valence-corrected chi connectivity index (χ3v) is 10.0. The second-order valence-electron chi connectivity index (χ2n) is 12.7. The van der Waals surface area contributed by atoms with Crippen LogP contribution >= 0.6 is 0 Å². The minimum Gasteiger partial charge on any atom is -0.308 e. The van der Waals surface area contributed by atoms with Crippen LogP contribution in [-0.2, 0) is 0 Å². The number of rotatable bonds is 4. The van der Waals surface area contributed by atoms with Gasteiger partial charge in [-0.2, -0.15) is 0 Å². The predicted molar refractivity (Wildman–Crippen MR) is 207 cm³/mol. The van der Waals surface area contributed by atoms with Gasteiger partial charge >= 0.3 is 0 Å². The fourth-order valence-corrected chi connectivity index (χ4v) is 7.93. The smallest absolute Gasteiger partial charge is 0.0723 e. The highest BCUT2D eigenvalue weighted by atomic mass is 15.0. The van der Waals surface area contributed by atoms with Crippen LogP contribution in [-0.4, -0.2) is 9.55 Å². The van der Waals surface area contributed by atoms with E-state index in [1.165, 1.54) is 70.8 Å². The summed E-state index contributed by atoms with van der Waals surface area (Å²) in [5.41, 5.74) is 10.4. The highest BCUT2D eigenvalue weighted by Gasteiger charge is 2.20. The number of benzene rings is 8. The van der Waals surface area contributed by atoms with Gasteiger partial charge in [0.05, 0.1) is 16.7 Å². The molecule has 2 aromatic heterocycles. The van der Waals surface area contributed by atoms with Crippen molar-refractivity contribution < 1.29 is 0 Å². The van der Waals surface area contributed by atoms with E-state index in [0.717, 1.165) is 22.5 Å². The van der Waals surface area contributed by atoms with Gasteiger partial charge in [0.15, 0.2) is 0 Å². The quantitative estimate of drug-likeness (QED) is 0.179. The van der Waals surface area contributed by atoms with E-state index in [9.17, 15) is 0 Å². The Labute approximate surface area is 284 Å². The van der Waals surface area contributed by atoms with Crippen LogP contribution < -0.4 is 0 Å². The molecule has 0 spiro atoms. The summed E-state index contributed by atoms with van der Waals surface area (Å²) in [6, 6.07) is 63.3. The molecule has 0 unspecified atom stereocenters. The molecule has 0 aliphatic heterocycles. The fourth-order valence-electron chi connectivity index (χ4n) is 7.93. The minimum atomic E-state index is 0.952. The van der Waals surface area contributed by atoms with Crippen molar-refractivity contribution in [3.8, 4) is 39.2 Å². The standard InChI is InChI=1S/C47H30N2/c1-3-15-32(16-4-1)44-36-20-9-11-22-38(36)45(39-23-12-10-21-37(39)44)33-27-29-43(48-30-33)42-25-13-24-40-41-28-26-31-14-7-8-19-35(31)46(41)49(47(40)42)34-17-5-2-6-18-34/h1-30H. The molecule has 0 amide bonds. The Morgan fingerprint density at radius 3 is 1.55 bits per heavy atom. The monoisotopic (exact) mass is 622 g/mol. The third-order valence-electron chi connectivity index (χ3n) is 10.0. The maximum absolute atomic E-state index is 5.22. The molecule has 49 heavy (non-hydrogen) atoms. The molecule has 0 saturated carbocycles. The molecule has 0 aliphatic carbocycles. The first-order valence-electron chi connectivity index (χ1n) is 16.8. The summed E-state index contributed by atoms with van der Waals surface area (Å²) in [4.78, 5) is 5.22. The van der Waals surface area contributed by atoms with Crippen molar-refractivity contribution in [3.63, 3.8) is 0 Å². The van der Waals surface area contributed by atoms with Crippen LogP contribution in [0.25, 0.3) is 93.3 Å². The SMILES string of the molecule is c1ccc(-c2c3ccccc3c(-c3ccc(-c4cccc5c6ccc7ccccc7c6n(-c6ccccc6)c45)nc3)c3ccccc23)cc1. The molecule has 0 fully saturated rings. The van der Waals surface area contributed by atoms with Crippen molar-refractivity contribution in [1.29, 1.82) is 0 Å². The van der Waals surface area contributed by atoms with Gasteiger partial charge in [-0.05, 0) is 61.8 Å². The molecule has 2 heterocycles. The molecule has 2 heteroatoms. The first kappa shape index (κ1) is 27.6. The lowest BCUT2D eigenvalue weighted by molar-refractivity contribution is 1.18. The van der Waals surface area contributed by atoms with Gasteiger partial charge in [0, 0.05) is 39.2 Å². The van der Waals surface area contributed by atoms with Crippen LogP contribution in [0.1, 0.15) is 0 Å². The van der Waals surface area contributed by atoms with E-state index in [0.29, 0.717) is 0 Å². The Morgan fingerprint density at radius 1 is 0.347 bits per heavy atom. The second kappa shape index (κ2) is 11.0. The van der Waals surface area contributed by atoms with Crippen LogP contribution in [0.15, 0.2) is 182 Å². The van der Waals surface area contributed by atoms with Crippen molar-refractivity contribution in [2.75, 3.05) is 0 Å². The Kier molecular flexibility index (Phi) is 6.22. The van der Waals surface area contributed by atoms with Crippen LogP contribution in [0.4, 0.5) is 0 Å². The molecule has 0 bridgehead atoms. The average Bonchev–Trinajstić information content (AvgIpc) is 3.53. The van der Waals surface area contributed by atoms with Crippen molar-refractivity contribution in [2.45, 2.75) is 0 Å². The summed E-state index contributed by atoms with van der Waals surface area (Å²) in [7, 11) is 0. The van der Waals surface area contributed by atoms with Gasteiger partial charge in [-0.3, -0.25) is 4.98 Å². The highest BCUT2D eigenvalue weighted by molar-refractivity contribution is 6.22. The highest BCUT2D eigenvalue weighted by Crippen LogP contribution is 2.44. The van der Waals surface area contributed by atoms with E-state index < -0.39 is 0 Å². The fraction of sp³-hybridized carbons (Fsp3) is 0. The summed E-state index contributed by atoms with van der Waals surface area (Å²) in [5.74, 6) is 0. The molecule has 228 valence electrons. The molecule has 10 rings (SSSR count). The zero-order valence-corrected chi connectivity index (χ0v) is 26.7. The van der Waals surface area contributed by atoms with Crippen molar-refractivity contribution in [2.24, 2.45) is 0 Å². The number of aromatic nitrogens is 2. The summed E-state index contributed by atoms with van der Waals surface area (Å²) in [5, 5.41) is 9.89. The molecular weight excluding hydrogens is 593 g/mol.